The predicted octanol–water partition coefficient (Wildman–Crippen LogP) is 1.54. The predicted molar refractivity (Wildman–Crippen MR) is 115 cm³/mol. The van der Waals surface area contributed by atoms with Crippen molar-refractivity contribution in [1.29, 1.82) is 5.26 Å². The van der Waals surface area contributed by atoms with Crippen LogP contribution < -0.4 is 0 Å². The van der Waals surface area contributed by atoms with Gasteiger partial charge in [0.25, 0.3) is 0 Å². The van der Waals surface area contributed by atoms with Gasteiger partial charge in [0.2, 0.25) is 15.9 Å². The topological polar surface area (TPSA) is 116 Å². The molecule has 0 aromatic heterocycles. The minimum absolute atomic E-state index is 0.0150. The van der Waals surface area contributed by atoms with E-state index in [1.54, 1.807) is 0 Å². The molecule has 1 saturated heterocycles. The number of carbonyl (C=O) groups is 1. The van der Waals surface area contributed by atoms with Crippen LogP contribution in [0.25, 0.3) is 0 Å². The van der Waals surface area contributed by atoms with E-state index in [1.165, 1.54) is 45.6 Å². The van der Waals surface area contributed by atoms with E-state index in [0.29, 0.717) is 17.5 Å². The lowest BCUT2D eigenvalue weighted by molar-refractivity contribution is -0.128. The number of sulfonamides is 1. The molecule has 1 fully saturated rings. The Kier molecular flexibility index (Phi) is 7.28. The van der Waals surface area contributed by atoms with Gasteiger partial charge in [-0.25, -0.2) is 21.2 Å². The Morgan fingerprint density at radius 3 is 2.22 bits per heavy atom. The number of halogens is 1. The first kappa shape index (κ1) is 23.8. The van der Waals surface area contributed by atoms with Crippen molar-refractivity contribution in [3.05, 3.63) is 65.5 Å². The van der Waals surface area contributed by atoms with Crippen LogP contribution in [0.1, 0.15) is 17.5 Å². The minimum Gasteiger partial charge on any atom is -0.340 e. The summed E-state index contributed by atoms with van der Waals surface area (Å²) >= 11 is 0. The maximum absolute atomic E-state index is 13.1. The summed E-state index contributed by atoms with van der Waals surface area (Å²) in [7, 11) is -7.59. The van der Waals surface area contributed by atoms with Crippen molar-refractivity contribution in [2.75, 3.05) is 31.9 Å². The van der Waals surface area contributed by atoms with Crippen molar-refractivity contribution in [3.63, 3.8) is 0 Å². The van der Waals surface area contributed by atoms with Gasteiger partial charge in [-0.2, -0.15) is 9.57 Å². The van der Waals surface area contributed by atoms with Crippen molar-refractivity contribution < 1.29 is 26.0 Å². The number of hydrogen-bond acceptors (Lipinski definition) is 6. The summed E-state index contributed by atoms with van der Waals surface area (Å²) in [6.45, 7) is 0.481. The summed E-state index contributed by atoms with van der Waals surface area (Å²) < 4.78 is 64.9. The molecule has 1 aliphatic rings. The molecule has 0 N–H and O–H groups in total. The normalized spacial score (nSPS) is 15.7. The van der Waals surface area contributed by atoms with E-state index in [9.17, 15) is 26.0 Å². The highest BCUT2D eigenvalue weighted by Crippen LogP contribution is 2.18. The first-order valence-electron chi connectivity index (χ1n) is 9.84. The average molecular weight is 480 g/mol. The van der Waals surface area contributed by atoms with Gasteiger partial charge in [-0.3, -0.25) is 4.79 Å². The molecule has 2 aromatic rings. The summed E-state index contributed by atoms with van der Waals surface area (Å²) in [5.41, 5.74) is 0.885. The maximum atomic E-state index is 13.1. The first-order valence-corrected chi connectivity index (χ1v) is 13.1. The Balaban J connectivity index is 1.62. The monoisotopic (exact) mass is 479 g/mol. The van der Waals surface area contributed by atoms with Gasteiger partial charge in [0, 0.05) is 26.2 Å². The van der Waals surface area contributed by atoms with Crippen LogP contribution in [-0.2, 0) is 30.4 Å². The SMILES string of the molecule is N#Cc1ccc(CS(=O)(=O)CC(=O)N2CCCN(S(=O)(=O)c3ccc(F)cc3)CC2)cc1. The second kappa shape index (κ2) is 9.77. The Labute approximate surface area is 186 Å². The molecule has 32 heavy (non-hydrogen) atoms. The number of nitrogens with zero attached hydrogens (tertiary/aromatic N) is 3. The molecule has 8 nitrogen and oxygen atoms in total. The number of amides is 1. The molecule has 0 unspecified atom stereocenters. The number of sulfone groups is 1. The van der Waals surface area contributed by atoms with Gasteiger partial charge in [-0.05, 0) is 48.4 Å². The highest BCUT2D eigenvalue weighted by atomic mass is 32.2. The van der Waals surface area contributed by atoms with Gasteiger partial charge in [0.05, 0.1) is 22.3 Å². The first-order chi connectivity index (χ1) is 15.1. The molecule has 0 aliphatic carbocycles. The van der Waals surface area contributed by atoms with Crippen LogP contribution in [0.3, 0.4) is 0 Å². The largest absolute Gasteiger partial charge is 0.340 e. The molecule has 0 saturated carbocycles. The molecule has 0 radical (unpaired) electrons. The molecule has 170 valence electrons. The molecule has 0 bridgehead atoms. The van der Waals surface area contributed by atoms with Crippen molar-refractivity contribution in [1.82, 2.24) is 9.21 Å². The second-order valence-electron chi connectivity index (χ2n) is 7.43. The van der Waals surface area contributed by atoms with Crippen LogP contribution in [0.15, 0.2) is 53.4 Å². The zero-order chi connectivity index (χ0) is 23.4. The Morgan fingerprint density at radius 1 is 0.938 bits per heavy atom. The standard InChI is InChI=1S/C21H22FN3O5S2/c22-19-6-8-20(9-7-19)32(29,30)25-11-1-10-24(12-13-25)21(26)16-31(27,28)15-18-4-2-17(14-23)3-5-18/h2-9H,1,10-13,15-16H2. The molecule has 1 heterocycles. The van der Waals surface area contributed by atoms with Gasteiger partial charge in [0.15, 0.2) is 9.84 Å². The lowest BCUT2D eigenvalue weighted by Crippen LogP contribution is -2.39. The van der Waals surface area contributed by atoms with Gasteiger partial charge >= 0.3 is 0 Å². The zero-order valence-corrected chi connectivity index (χ0v) is 18.8. The smallest absolute Gasteiger partial charge is 0.243 e. The molecule has 1 amide bonds. The van der Waals surface area contributed by atoms with Crippen molar-refractivity contribution in [2.45, 2.75) is 17.1 Å². The third-order valence-electron chi connectivity index (χ3n) is 5.07. The van der Waals surface area contributed by atoms with Crippen LogP contribution in [0, 0.1) is 17.1 Å². The Morgan fingerprint density at radius 2 is 1.59 bits per heavy atom. The van der Waals surface area contributed by atoms with E-state index >= 15 is 0 Å². The van der Waals surface area contributed by atoms with Crippen LogP contribution >= 0.6 is 0 Å². The van der Waals surface area contributed by atoms with Gasteiger partial charge in [-0.15, -0.1) is 0 Å². The highest BCUT2D eigenvalue weighted by molar-refractivity contribution is 7.91. The molecular formula is C21H22FN3O5S2. The number of carbonyl (C=O) groups excluding carboxylic acids is 1. The lowest BCUT2D eigenvalue weighted by Gasteiger charge is -2.22. The molecule has 11 heteroatoms. The minimum atomic E-state index is -3.85. The fourth-order valence-corrected chi connectivity index (χ4v) is 6.23. The molecule has 3 rings (SSSR count). The molecule has 2 aromatic carbocycles. The summed E-state index contributed by atoms with van der Waals surface area (Å²) in [6, 6.07) is 12.6. The average Bonchev–Trinajstić information content (AvgIpc) is 3.01. The van der Waals surface area contributed by atoms with Gasteiger partial charge in [0.1, 0.15) is 11.6 Å². The van der Waals surface area contributed by atoms with Crippen molar-refractivity contribution >= 4 is 25.8 Å². The summed E-state index contributed by atoms with van der Waals surface area (Å²) in [5.74, 6) is -2.14. The number of nitriles is 1. The second-order valence-corrected chi connectivity index (χ2v) is 11.4. The van der Waals surface area contributed by atoms with Crippen molar-refractivity contribution in [2.24, 2.45) is 0 Å². The maximum Gasteiger partial charge on any atom is 0.243 e. The number of hydrogen-bond donors (Lipinski definition) is 0. The fraction of sp³-hybridized carbons (Fsp3) is 0.333. The Bertz CT molecular complexity index is 1220. The summed E-state index contributed by atoms with van der Waals surface area (Å²) in [5, 5.41) is 8.82. The number of benzene rings is 2. The fourth-order valence-electron chi connectivity index (χ4n) is 3.40. The summed E-state index contributed by atoms with van der Waals surface area (Å²) in [4.78, 5) is 13.9. The third-order valence-corrected chi connectivity index (χ3v) is 8.44. The summed E-state index contributed by atoms with van der Waals surface area (Å²) in [6.07, 6.45) is 0.349. The van der Waals surface area contributed by atoms with Crippen LogP contribution in [0.4, 0.5) is 4.39 Å². The van der Waals surface area contributed by atoms with E-state index in [4.69, 9.17) is 5.26 Å². The third kappa shape index (κ3) is 5.91. The molecule has 1 aliphatic heterocycles. The van der Waals surface area contributed by atoms with Crippen LogP contribution in [0.5, 0.6) is 0 Å². The highest BCUT2D eigenvalue weighted by Gasteiger charge is 2.29. The molecule has 0 spiro atoms. The zero-order valence-electron chi connectivity index (χ0n) is 17.1. The van der Waals surface area contributed by atoms with Crippen LogP contribution in [-0.4, -0.2) is 63.9 Å². The quantitative estimate of drug-likeness (QED) is 0.621. The molecular weight excluding hydrogens is 457 g/mol. The number of rotatable bonds is 6. The van der Waals surface area contributed by atoms with Gasteiger partial charge < -0.3 is 4.90 Å². The van der Waals surface area contributed by atoms with E-state index in [0.717, 1.165) is 12.1 Å². The van der Waals surface area contributed by atoms with E-state index in [-0.39, 0.29) is 36.8 Å². The molecule has 0 atom stereocenters. The van der Waals surface area contributed by atoms with Gasteiger partial charge in [-0.1, -0.05) is 12.1 Å². The van der Waals surface area contributed by atoms with E-state index < -0.39 is 37.3 Å². The van der Waals surface area contributed by atoms with E-state index in [2.05, 4.69) is 0 Å². The Hall–Kier alpha value is -2.81. The van der Waals surface area contributed by atoms with Crippen LogP contribution in [0.2, 0.25) is 0 Å². The lowest BCUT2D eigenvalue weighted by atomic mass is 10.2. The van der Waals surface area contributed by atoms with E-state index in [1.807, 2.05) is 6.07 Å². The van der Waals surface area contributed by atoms with Crippen molar-refractivity contribution in [3.8, 4) is 6.07 Å².